The molecule has 0 fully saturated rings. The molecule has 2 rings (SSSR count). The molecule has 0 saturated heterocycles. The molecule has 0 saturated carbocycles. The summed E-state index contributed by atoms with van der Waals surface area (Å²) in [5.74, 6) is -0.738. The number of rotatable bonds is 2. The predicted molar refractivity (Wildman–Crippen MR) is 71.3 cm³/mol. The van der Waals surface area contributed by atoms with Crippen LogP contribution in [0.25, 0.3) is 10.6 Å². The van der Waals surface area contributed by atoms with Gasteiger partial charge in [-0.3, -0.25) is 0 Å². The summed E-state index contributed by atoms with van der Waals surface area (Å²) in [6.07, 6.45) is 0. The van der Waals surface area contributed by atoms with Crippen molar-refractivity contribution in [3.8, 4) is 10.6 Å². The first kappa shape index (κ1) is 13.2. The highest BCUT2D eigenvalue weighted by molar-refractivity contribution is 9.10. The highest BCUT2D eigenvalue weighted by Gasteiger charge is 2.16. The minimum absolute atomic E-state index is 0.333. The number of halogens is 2. The molecule has 0 unspecified atom stereocenters. The quantitative estimate of drug-likeness (QED) is 0.786. The molecule has 1 heterocycles. The zero-order valence-electron chi connectivity index (χ0n) is 9.66. The van der Waals surface area contributed by atoms with Crippen molar-refractivity contribution in [3.63, 3.8) is 0 Å². The Kier molecular flexibility index (Phi) is 3.77. The van der Waals surface area contributed by atoms with Crippen LogP contribution in [0.15, 0.2) is 22.7 Å². The molecule has 0 aliphatic carbocycles. The van der Waals surface area contributed by atoms with Crippen molar-refractivity contribution < 1.29 is 13.9 Å². The van der Waals surface area contributed by atoms with Gasteiger partial charge in [-0.25, -0.2) is 14.2 Å². The summed E-state index contributed by atoms with van der Waals surface area (Å²) in [5, 5.41) is 0.661. The summed E-state index contributed by atoms with van der Waals surface area (Å²) in [7, 11) is 1.33. The largest absolute Gasteiger partial charge is 0.465 e. The normalized spacial score (nSPS) is 10.4. The van der Waals surface area contributed by atoms with Crippen molar-refractivity contribution in [3.05, 3.63) is 39.1 Å². The van der Waals surface area contributed by atoms with Gasteiger partial charge in [0.05, 0.1) is 17.3 Å². The lowest BCUT2D eigenvalue weighted by Gasteiger charge is -1.98. The van der Waals surface area contributed by atoms with Gasteiger partial charge in [-0.1, -0.05) is 0 Å². The number of aromatic nitrogens is 1. The van der Waals surface area contributed by atoms with E-state index in [-0.39, 0.29) is 5.82 Å². The number of hydrogen-bond acceptors (Lipinski definition) is 4. The van der Waals surface area contributed by atoms with E-state index in [1.807, 2.05) is 0 Å². The summed E-state index contributed by atoms with van der Waals surface area (Å²) >= 11 is 4.35. The van der Waals surface area contributed by atoms with Crippen LogP contribution in [-0.4, -0.2) is 18.1 Å². The second-order valence-electron chi connectivity index (χ2n) is 3.55. The number of ether oxygens (including phenoxy) is 1. The maximum atomic E-state index is 13.1. The van der Waals surface area contributed by atoms with E-state index in [4.69, 9.17) is 0 Å². The Balaban J connectivity index is 2.45. The van der Waals surface area contributed by atoms with Crippen LogP contribution in [0.3, 0.4) is 0 Å². The van der Waals surface area contributed by atoms with E-state index < -0.39 is 5.97 Å². The number of carbonyl (C=O) groups excluding carboxylic acids is 1. The summed E-state index contributed by atoms with van der Waals surface area (Å²) in [6.45, 7) is 1.74. The lowest BCUT2D eigenvalue weighted by atomic mass is 10.2. The van der Waals surface area contributed by atoms with Crippen LogP contribution in [-0.2, 0) is 4.74 Å². The van der Waals surface area contributed by atoms with Gasteiger partial charge in [0.25, 0.3) is 0 Å². The molecule has 0 amide bonds. The van der Waals surface area contributed by atoms with Crippen LogP contribution in [0.5, 0.6) is 0 Å². The minimum atomic E-state index is -0.405. The van der Waals surface area contributed by atoms with Crippen molar-refractivity contribution in [1.82, 2.24) is 4.98 Å². The van der Waals surface area contributed by atoms with Gasteiger partial charge in [0.1, 0.15) is 15.7 Å². The second kappa shape index (κ2) is 5.16. The van der Waals surface area contributed by atoms with E-state index in [2.05, 4.69) is 25.7 Å². The molecule has 94 valence electrons. The standard InChI is InChI=1S/C12H9BrFNO2S/c1-6-10(12(16)17-2)18-11(15-6)7-3-4-9(14)8(13)5-7/h3-5H,1-2H3. The average Bonchev–Trinajstić information content (AvgIpc) is 2.74. The van der Waals surface area contributed by atoms with Crippen molar-refractivity contribution in [2.24, 2.45) is 0 Å². The molecule has 6 heteroatoms. The van der Waals surface area contributed by atoms with Crippen molar-refractivity contribution in [1.29, 1.82) is 0 Å². The van der Waals surface area contributed by atoms with Gasteiger partial charge in [0.15, 0.2) is 0 Å². The number of benzene rings is 1. The third kappa shape index (κ3) is 2.44. The Morgan fingerprint density at radius 1 is 1.50 bits per heavy atom. The number of carbonyl (C=O) groups is 1. The van der Waals surface area contributed by atoms with Crippen molar-refractivity contribution >= 4 is 33.2 Å². The Hall–Kier alpha value is -1.27. The second-order valence-corrected chi connectivity index (χ2v) is 5.41. The molecule has 18 heavy (non-hydrogen) atoms. The van der Waals surface area contributed by atoms with Crippen LogP contribution in [0.2, 0.25) is 0 Å². The third-order valence-electron chi connectivity index (χ3n) is 2.33. The summed E-state index contributed by atoms with van der Waals surface area (Å²) in [4.78, 5) is 16.2. The monoisotopic (exact) mass is 329 g/mol. The summed E-state index contributed by atoms with van der Waals surface area (Å²) in [6, 6.07) is 4.61. The maximum Gasteiger partial charge on any atom is 0.349 e. The molecule has 1 aromatic heterocycles. The number of thiazole rings is 1. The number of aryl methyl sites for hydroxylation is 1. The first-order chi connectivity index (χ1) is 8.52. The maximum absolute atomic E-state index is 13.1. The van der Waals surface area contributed by atoms with Crippen LogP contribution in [0, 0.1) is 12.7 Å². The van der Waals surface area contributed by atoms with Gasteiger partial charge < -0.3 is 4.74 Å². The molecule has 0 aliphatic heterocycles. The fraction of sp³-hybridized carbons (Fsp3) is 0.167. The fourth-order valence-corrected chi connectivity index (χ4v) is 2.79. The van der Waals surface area contributed by atoms with E-state index in [1.54, 1.807) is 19.1 Å². The number of hydrogen-bond donors (Lipinski definition) is 0. The molecule has 0 N–H and O–H groups in total. The molecule has 1 aromatic carbocycles. The number of nitrogens with zero attached hydrogens (tertiary/aromatic N) is 1. The van der Waals surface area contributed by atoms with Gasteiger partial charge in [0.2, 0.25) is 0 Å². The van der Waals surface area contributed by atoms with Crippen LogP contribution >= 0.6 is 27.3 Å². The van der Waals surface area contributed by atoms with E-state index in [9.17, 15) is 9.18 Å². The van der Waals surface area contributed by atoms with Crippen molar-refractivity contribution in [2.75, 3.05) is 7.11 Å². The topological polar surface area (TPSA) is 39.2 Å². The van der Waals surface area contributed by atoms with E-state index in [0.717, 1.165) is 5.56 Å². The molecule has 0 radical (unpaired) electrons. The van der Waals surface area contributed by atoms with E-state index in [0.29, 0.717) is 20.1 Å². The molecule has 0 bridgehead atoms. The van der Waals surface area contributed by atoms with Gasteiger partial charge in [0, 0.05) is 5.56 Å². The SMILES string of the molecule is COC(=O)c1sc(-c2ccc(F)c(Br)c2)nc1C. The van der Waals surface area contributed by atoms with E-state index in [1.165, 1.54) is 24.5 Å². The van der Waals surface area contributed by atoms with Gasteiger partial charge in [-0.05, 0) is 41.1 Å². The van der Waals surface area contributed by atoms with E-state index >= 15 is 0 Å². The van der Waals surface area contributed by atoms with Crippen LogP contribution < -0.4 is 0 Å². The van der Waals surface area contributed by atoms with Crippen molar-refractivity contribution in [2.45, 2.75) is 6.92 Å². The first-order valence-electron chi connectivity index (χ1n) is 5.04. The summed E-state index contributed by atoms with van der Waals surface area (Å²) < 4.78 is 18.2. The molecular weight excluding hydrogens is 321 g/mol. The lowest BCUT2D eigenvalue weighted by molar-refractivity contribution is 0.0605. The lowest BCUT2D eigenvalue weighted by Crippen LogP contribution is -1.99. The molecule has 0 atom stereocenters. The predicted octanol–water partition coefficient (Wildman–Crippen LogP) is 3.81. The number of esters is 1. The zero-order valence-corrected chi connectivity index (χ0v) is 12.1. The first-order valence-corrected chi connectivity index (χ1v) is 6.65. The Labute approximate surface area is 116 Å². The summed E-state index contributed by atoms with van der Waals surface area (Å²) in [5.41, 5.74) is 1.37. The molecular formula is C12H9BrFNO2S. The molecule has 0 spiro atoms. The fourth-order valence-electron chi connectivity index (χ4n) is 1.43. The third-order valence-corrected chi connectivity index (χ3v) is 4.13. The molecule has 3 nitrogen and oxygen atoms in total. The zero-order chi connectivity index (χ0) is 13.3. The Bertz CT molecular complexity index is 612. The van der Waals surface area contributed by atoms with Gasteiger partial charge in [-0.2, -0.15) is 0 Å². The van der Waals surface area contributed by atoms with Crippen LogP contribution in [0.4, 0.5) is 4.39 Å². The number of methoxy groups -OCH3 is 1. The smallest absolute Gasteiger partial charge is 0.349 e. The molecule has 2 aromatic rings. The minimum Gasteiger partial charge on any atom is -0.465 e. The average molecular weight is 330 g/mol. The highest BCUT2D eigenvalue weighted by Crippen LogP contribution is 2.30. The Morgan fingerprint density at radius 3 is 2.83 bits per heavy atom. The van der Waals surface area contributed by atoms with Gasteiger partial charge in [-0.15, -0.1) is 11.3 Å². The Morgan fingerprint density at radius 2 is 2.22 bits per heavy atom. The van der Waals surface area contributed by atoms with Gasteiger partial charge >= 0.3 is 5.97 Å². The molecule has 0 aliphatic rings. The van der Waals surface area contributed by atoms with Crippen LogP contribution in [0.1, 0.15) is 15.4 Å². The highest BCUT2D eigenvalue weighted by atomic mass is 79.9.